The van der Waals surface area contributed by atoms with Gasteiger partial charge in [-0.15, -0.1) is 11.3 Å². The number of carboxylic acids is 1. The summed E-state index contributed by atoms with van der Waals surface area (Å²) in [5.74, 6) is -0.411. The van der Waals surface area contributed by atoms with Crippen LogP contribution in [0.4, 0.5) is 0 Å². The SMILES string of the molecule is CCc1nc(COc2c(Br)cc(C(=O)O)cc2Br)cs1. The standard InChI is InChI=1S/C13H11Br2NO3S/c1-2-11-16-8(6-20-11)5-19-12-9(14)3-7(13(17)18)4-10(12)15/h3-4,6H,2,5H2,1H3,(H,17,18). The largest absolute Gasteiger partial charge is 0.485 e. The second-order valence-corrected chi connectivity index (χ2v) is 6.60. The lowest BCUT2D eigenvalue weighted by Gasteiger charge is -2.10. The van der Waals surface area contributed by atoms with Gasteiger partial charge in [-0.25, -0.2) is 9.78 Å². The summed E-state index contributed by atoms with van der Waals surface area (Å²) in [5.41, 5.74) is 1.06. The summed E-state index contributed by atoms with van der Waals surface area (Å²) in [6.45, 7) is 2.40. The molecule has 1 aromatic heterocycles. The van der Waals surface area contributed by atoms with Gasteiger partial charge in [-0.2, -0.15) is 0 Å². The van der Waals surface area contributed by atoms with Crippen molar-refractivity contribution in [2.75, 3.05) is 0 Å². The summed E-state index contributed by atoms with van der Waals surface area (Å²) in [5, 5.41) is 12.0. The second kappa shape index (κ2) is 6.69. The van der Waals surface area contributed by atoms with E-state index < -0.39 is 5.97 Å². The summed E-state index contributed by atoms with van der Waals surface area (Å²) in [6, 6.07) is 3.03. The van der Waals surface area contributed by atoms with Gasteiger partial charge in [0, 0.05) is 5.38 Å². The molecule has 1 aromatic carbocycles. The van der Waals surface area contributed by atoms with E-state index in [1.807, 2.05) is 5.38 Å². The molecule has 1 N–H and O–H groups in total. The first-order valence-corrected chi connectivity index (χ1v) is 8.26. The van der Waals surface area contributed by atoms with E-state index in [9.17, 15) is 4.79 Å². The minimum Gasteiger partial charge on any atom is -0.485 e. The number of rotatable bonds is 5. The molecule has 0 saturated heterocycles. The van der Waals surface area contributed by atoms with Crippen molar-refractivity contribution in [2.45, 2.75) is 20.0 Å². The van der Waals surface area contributed by atoms with Crippen molar-refractivity contribution in [1.29, 1.82) is 0 Å². The van der Waals surface area contributed by atoms with Crippen molar-refractivity contribution in [1.82, 2.24) is 4.98 Å². The molecular weight excluding hydrogens is 410 g/mol. The van der Waals surface area contributed by atoms with Gasteiger partial charge >= 0.3 is 5.97 Å². The number of carboxylic acid groups (broad SMARTS) is 1. The van der Waals surface area contributed by atoms with Gasteiger partial charge in [-0.05, 0) is 50.4 Å². The van der Waals surface area contributed by atoms with Gasteiger partial charge in [0.1, 0.15) is 12.4 Å². The van der Waals surface area contributed by atoms with E-state index >= 15 is 0 Å². The zero-order chi connectivity index (χ0) is 14.7. The third-order valence-electron chi connectivity index (χ3n) is 2.51. The van der Waals surface area contributed by atoms with E-state index in [1.54, 1.807) is 11.3 Å². The molecule has 7 heteroatoms. The second-order valence-electron chi connectivity index (χ2n) is 3.95. The van der Waals surface area contributed by atoms with Gasteiger partial charge in [0.2, 0.25) is 0 Å². The Balaban J connectivity index is 2.15. The number of hydrogen-bond donors (Lipinski definition) is 1. The fraction of sp³-hybridized carbons (Fsp3) is 0.231. The maximum atomic E-state index is 10.9. The molecule has 106 valence electrons. The minimum absolute atomic E-state index is 0.193. The number of carbonyl (C=O) groups is 1. The van der Waals surface area contributed by atoms with Crippen molar-refractivity contribution in [3.63, 3.8) is 0 Å². The Morgan fingerprint density at radius 3 is 2.55 bits per heavy atom. The van der Waals surface area contributed by atoms with Crippen LogP contribution in [-0.4, -0.2) is 16.1 Å². The maximum absolute atomic E-state index is 10.9. The minimum atomic E-state index is -0.981. The molecule has 0 aliphatic carbocycles. The molecule has 0 unspecified atom stereocenters. The van der Waals surface area contributed by atoms with E-state index in [1.165, 1.54) is 12.1 Å². The lowest BCUT2D eigenvalue weighted by atomic mass is 10.2. The molecular formula is C13H11Br2NO3S. The van der Waals surface area contributed by atoms with E-state index in [-0.39, 0.29) is 5.56 Å². The summed E-state index contributed by atoms with van der Waals surface area (Å²) < 4.78 is 6.89. The molecule has 0 amide bonds. The number of aromatic carboxylic acids is 1. The molecule has 0 bridgehead atoms. The number of benzene rings is 1. The lowest BCUT2D eigenvalue weighted by molar-refractivity contribution is 0.0696. The third kappa shape index (κ3) is 3.59. The van der Waals surface area contributed by atoms with Crippen LogP contribution in [0.2, 0.25) is 0 Å². The molecule has 4 nitrogen and oxygen atoms in total. The van der Waals surface area contributed by atoms with Crippen LogP contribution >= 0.6 is 43.2 Å². The van der Waals surface area contributed by atoms with E-state index in [0.29, 0.717) is 21.3 Å². The topological polar surface area (TPSA) is 59.4 Å². The number of aryl methyl sites for hydroxylation is 1. The van der Waals surface area contributed by atoms with Crippen LogP contribution in [0.3, 0.4) is 0 Å². The average Bonchev–Trinajstić information content (AvgIpc) is 2.85. The number of ether oxygens (including phenoxy) is 1. The molecule has 0 radical (unpaired) electrons. The van der Waals surface area contributed by atoms with Gasteiger partial charge in [0.05, 0.1) is 25.2 Å². The number of halogens is 2. The molecule has 20 heavy (non-hydrogen) atoms. The molecule has 0 saturated carbocycles. The Morgan fingerprint density at radius 2 is 2.05 bits per heavy atom. The Hall–Kier alpha value is -0.920. The number of thiazole rings is 1. The van der Waals surface area contributed by atoms with Crippen LogP contribution in [0, 0.1) is 0 Å². The first kappa shape index (κ1) is 15.5. The van der Waals surface area contributed by atoms with Gasteiger partial charge in [0.25, 0.3) is 0 Å². The maximum Gasteiger partial charge on any atom is 0.335 e. The monoisotopic (exact) mass is 419 g/mol. The van der Waals surface area contributed by atoms with Gasteiger partial charge in [-0.3, -0.25) is 0 Å². The van der Waals surface area contributed by atoms with Crippen molar-refractivity contribution < 1.29 is 14.6 Å². The Morgan fingerprint density at radius 1 is 1.40 bits per heavy atom. The fourth-order valence-electron chi connectivity index (χ4n) is 1.54. The predicted molar refractivity (Wildman–Crippen MR) is 84.6 cm³/mol. The van der Waals surface area contributed by atoms with Gasteiger partial charge in [-0.1, -0.05) is 6.92 Å². The molecule has 0 fully saturated rings. The van der Waals surface area contributed by atoms with Crippen molar-refractivity contribution in [2.24, 2.45) is 0 Å². The summed E-state index contributed by atoms with van der Waals surface area (Å²) in [6.07, 6.45) is 0.908. The van der Waals surface area contributed by atoms with Crippen LogP contribution < -0.4 is 4.74 Å². The summed E-state index contributed by atoms with van der Waals surface area (Å²) in [4.78, 5) is 15.4. The van der Waals surface area contributed by atoms with Crippen molar-refractivity contribution in [3.05, 3.63) is 42.7 Å². The highest BCUT2D eigenvalue weighted by Crippen LogP contribution is 2.35. The normalized spacial score (nSPS) is 10.6. The Bertz CT molecular complexity index is 619. The highest BCUT2D eigenvalue weighted by Gasteiger charge is 2.13. The van der Waals surface area contributed by atoms with Crippen LogP contribution in [0.15, 0.2) is 26.5 Å². The van der Waals surface area contributed by atoms with Gasteiger partial charge in [0.15, 0.2) is 0 Å². The molecule has 0 aliphatic rings. The summed E-state index contributed by atoms with van der Waals surface area (Å²) >= 11 is 8.25. The lowest BCUT2D eigenvalue weighted by Crippen LogP contribution is -2.01. The Labute approximate surface area is 137 Å². The van der Waals surface area contributed by atoms with Crippen LogP contribution in [-0.2, 0) is 13.0 Å². The molecule has 2 rings (SSSR count). The molecule has 0 atom stereocenters. The first-order valence-electron chi connectivity index (χ1n) is 5.79. The van der Waals surface area contributed by atoms with Crippen LogP contribution in [0.5, 0.6) is 5.75 Å². The van der Waals surface area contributed by atoms with Crippen LogP contribution in [0.25, 0.3) is 0 Å². The first-order chi connectivity index (χ1) is 9.51. The highest BCUT2D eigenvalue weighted by atomic mass is 79.9. The van der Waals surface area contributed by atoms with Crippen molar-refractivity contribution >= 4 is 49.2 Å². The quantitative estimate of drug-likeness (QED) is 0.772. The van der Waals surface area contributed by atoms with Crippen LogP contribution in [0.1, 0.15) is 28.0 Å². The smallest absolute Gasteiger partial charge is 0.335 e. The van der Waals surface area contributed by atoms with E-state index in [0.717, 1.165) is 17.1 Å². The van der Waals surface area contributed by atoms with E-state index in [2.05, 4.69) is 43.8 Å². The molecule has 0 spiro atoms. The predicted octanol–water partition coefficient (Wildman–Crippen LogP) is 4.51. The fourth-order valence-corrected chi connectivity index (χ4v) is 3.69. The zero-order valence-corrected chi connectivity index (χ0v) is 14.5. The number of hydrogen-bond acceptors (Lipinski definition) is 4. The molecule has 2 aromatic rings. The Kier molecular flexibility index (Phi) is 5.17. The van der Waals surface area contributed by atoms with Gasteiger partial charge < -0.3 is 9.84 Å². The summed E-state index contributed by atoms with van der Waals surface area (Å²) in [7, 11) is 0. The molecule has 1 heterocycles. The molecule has 0 aliphatic heterocycles. The average molecular weight is 421 g/mol. The number of nitrogens with zero attached hydrogens (tertiary/aromatic N) is 1. The highest BCUT2D eigenvalue weighted by molar-refractivity contribution is 9.11. The number of aromatic nitrogens is 1. The van der Waals surface area contributed by atoms with Crippen molar-refractivity contribution in [3.8, 4) is 5.75 Å². The third-order valence-corrected chi connectivity index (χ3v) is 4.73. The zero-order valence-electron chi connectivity index (χ0n) is 10.5. The van der Waals surface area contributed by atoms with E-state index in [4.69, 9.17) is 9.84 Å².